The van der Waals surface area contributed by atoms with Gasteiger partial charge >= 0.3 is 0 Å². The summed E-state index contributed by atoms with van der Waals surface area (Å²) in [5, 5.41) is 0. The third-order valence-electron chi connectivity index (χ3n) is 4.01. The summed E-state index contributed by atoms with van der Waals surface area (Å²) in [5.41, 5.74) is 3.56. The van der Waals surface area contributed by atoms with Crippen LogP contribution >= 0.6 is 0 Å². The third kappa shape index (κ3) is 3.14. The fourth-order valence-corrected chi connectivity index (χ4v) is 2.66. The number of nitrogens with zero attached hydrogens (tertiary/aromatic N) is 1. The first-order valence-corrected chi connectivity index (χ1v) is 7.71. The van der Waals surface area contributed by atoms with Gasteiger partial charge < -0.3 is 9.47 Å². The van der Waals surface area contributed by atoms with Crippen LogP contribution in [0, 0.1) is 0 Å². The van der Waals surface area contributed by atoms with Gasteiger partial charge in [0.05, 0.1) is 13.2 Å². The van der Waals surface area contributed by atoms with Crippen molar-refractivity contribution in [3.63, 3.8) is 0 Å². The van der Waals surface area contributed by atoms with Crippen molar-refractivity contribution in [2.75, 3.05) is 7.11 Å². The van der Waals surface area contributed by atoms with Crippen LogP contribution in [0.25, 0.3) is 0 Å². The van der Waals surface area contributed by atoms with E-state index in [1.807, 2.05) is 30.5 Å². The molecule has 22 heavy (non-hydrogen) atoms. The second kappa shape index (κ2) is 6.65. The second-order valence-electron chi connectivity index (χ2n) is 5.52. The minimum atomic E-state index is 0.378. The smallest absolute Gasteiger partial charge is 0.161 e. The van der Waals surface area contributed by atoms with Crippen LogP contribution in [0.3, 0.4) is 0 Å². The maximum absolute atomic E-state index is 5.98. The molecule has 0 radical (unpaired) electrons. The van der Waals surface area contributed by atoms with E-state index >= 15 is 0 Å². The minimum Gasteiger partial charge on any atom is -0.493 e. The summed E-state index contributed by atoms with van der Waals surface area (Å²) in [6, 6.07) is 14.7. The summed E-state index contributed by atoms with van der Waals surface area (Å²) in [7, 11) is 1.67. The number of aliphatic imine (C=N–C) groups is 1. The Morgan fingerprint density at radius 3 is 2.68 bits per heavy atom. The van der Waals surface area contributed by atoms with Crippen LogP contribution in [-0.4, -0.2) is 19.4 Å². The predicted molar refractivity (Wildman–Crippen MR) is 89.1 cm³/mol. The van der Waals surface area contributed by atoms with Crippen molar-refractivity contribution >= 4 is 6.21 Å². The molecular formula is C19H21NO2. The molecule has 1 aliphatic heterocycles. The lowest BCUT2D eigenvalue weighted by Gasteiger charge is -2.20. The lowest BCUT2D eigenvalue weighted by atomic mass is 9.96. The number of methoxy groups -OCH3 is 1. The van der Waals surface area contributed by atoms with Gasteiger partial charge in [-0.15, -0.1) is 0 Å². The molecule has 0 fully saturated rings. The van der Waals surface area contributed by atoms with Crippen molar-refractivity contribution in [1.82, 2.24) is 0 Å². The van der Waals surface area contributed by atoms with Crippen LogP contribution in [-0.2, 0) is 13.0 Å². The van der Waals surface area contributed by atoms with E-state index in [4.69, 9.17) is 9.47 Å². The predicted octanol–water partition coefficient (Wildman–Crippen LogP) is 4.03. The number of ether oxygens (including phenoxy) is 2. The Morgan fingerprint density at radius 2 is 1.95 bits per heavy atom. The van der Waals surface area contributed by atoms with E-state index in [1.165, 1.54) is 5.56 Å². The average Bonchev–Trinajstić information content (AvgIpc) is 2.59. The molecule has 0 aromatic heterocycles. The molecule has 0 aliphatic carbocycles. The van der Waals surface area contributed by atoms with E-state index in [0.29, 0.717) is 12.6 Å². The highest BCUT2D eigenvalue weighted by atomic mass is 16.5. The number of hydrogen-bond donors (Lipinski definition) is 0. The van der Waals surface area contributed by atoms with Gasteiger partial charge in [0, 0.05) is 6.21 Å². The van der Waals surface area contributed by atoms with Crippen LogP contribution in [0.4, 0.5) is 0 Å². The Balaban J connectivity index is 1.83. The molecule has 3 nitrogen and oxygen atoms in total. The maximum Gasteiger partial charge on any atom is 0.161 e. The number of benzene rings is 2. The van der Waals surface area contributed by atoms with E-state index in [1.54, 1.807) is 7.11 Å². The topological polar surface area (TPSA) is 30.8 Å². The fourth-order valence-electron chi connectivity index (χ4n) is 2.66. The molecule has 1 heterocycles. The zero-order chi connectivity index (χ0) is 15.4. The highest BCUT2D eigenvalue weighted by Crippen LogP contribution is 2.33. The average molecular weight is 295 g/mol. The van der Waals surface area contributed by atoms with Crippen molar-refractivity contribution in [2.45, 2.75) is 32.4 Å². The molecule has 0 bridgehead atoms. The van der Waals surface area contributed by atoms with Crippen LogP contribution in [0.15, 0.2) is 47.5 Å². The summed E-state index contributed by atoms with van der Waals surface area (Å²) < 4.78 is 11.4. The van der Waals surface area contributed by atoms with Crippen molar-refractivity contribution in [3.8, 4) is 11.5 Å². The first-order chi connectivity index (χ1) is 10.8. The SMILES string of the molecule is CC[C@@H]1Cc2cc(OCc3ccccc3)c(OC)cc2C=N1. The molecule has 0 unspecified atom stereocenters. The van der Waals surface area contributed by atoms with Gasteiger partial charge in [-0.2, -0.15) is 0 Å². The molecule has 0 amide bonds. The molecule has 3 rings (SSSR count). The molecule has 0 N–H and O–H groups in total. The van der Waals surface area contributed by atoms with Gasteiger partial charge in [0.25, 0.3) is 0 Å². The van der Waals surface area contributed by atoms with Gasteiger partial charge in [-0.05, 0) is 41.7 Å². The Kier molecular flexibility index (Phi) is 4.42. The lowest BCUT2D eigenvalue weighted by molar-refractivity contribution is 0.284. The Bertz CT molecular complexity index is 665. The van der Waals surface area contributed by atoms with Crippen molar-refractivity contribution in [3.05, 3.63) is 59.2 Å². The van der Waals surface area contributed by atoms with E-state index in [2.05, 4.69) is 30.1 Å². The summed E-state index contributed by atoms with van der Waals surface area (Å²) in [5.74, 6) is 1.56. The van der Waals surface area contributed by atoms with E-state index in [-0.39, 0.29) is 0 Å². The lowest BCUT2D eigenvalue weighted by Crippen LogP contribution is -2.14. The first-order valence-electron chi connectivity index (χ1n) is 7.71. The molecule has 2 aromatic carbocycles. The molecule has 0 spiro atoms. The van der Waals surface area contributed by atoms with E-state index < -0.39 is 0 Å². The van der Waals surface area contributed by atoms with Gasteiger partial charge in [0.2, 0.25) is 0 Å². The zero-order valence-corrected chi connectivity index (χ0v) is 13.1. The zero-order valence-electron chi connectivity index (χ0n) is 13.1. The van der Waals surface area contributed by atoms with Crippen molar-refractivity contribution in [2.24, 2.45) is 4.99 Å². The molecule has 0 saturated carbocycles. The monoisotopic (exact) mass is 295 g/mol. The standard InChI is InChI=1S/C19H21NO2/c1-3-17-9-15-10-19(18(21-2)11-16(15)12-20-17)22-13-14-7-5-4-6-8-14/h4-8,10-12,17H,3,9,13H2,1-2H3/t17-/m1/s1. The van der Waals surface area contributed by atoms with E-state index in [0.717, 1.165) is 35.5 Å². The molecule has 3 heteroatoms. The maximum atomic E-state index is 5.98. The van der Waals surface area contributed by atoms with Gasteiger partial charge in [0.15, 0.2) is 11.5 Å². The van der Waals surface area contributed by atoms with Crippen molar-refractivity contribution in [1.29, 1.82) is 0 Å². The Hall–Kier alpha value is -2.29. The Labute approximate surface area is 131 Å². The van der Waals surface area contributed by atoms with Gasteiger partial charge in [0.1, 0.15) is 6.61 Å². The number of rotatable bonds is 5. The highest BCUT2D eigenvalue weighted by molar-refractivity contribution is 5.84. The number of hydrogen-bond acceptors (Lipinski definition) is 3. The highest BCUT2D eigenvalue weighted by Gasteiger charge is 2.17. The quantitative estimate of drug-likeness (QED) is 0.834. The van der Waals surface area contributed by atoms with Crippen LogP contribution in [0.5, 0.6) is 11.5 Å². The molecule has 2 aromatic rings. The van der Waals surface area contributed by atoms with E-state index in [9.17, 15) is 0 Å². The summed E-state index contributed by atoms with van der Waals surface area (Å²) >= 11 is 0. The van der Waals surface area contributed by atoms with Gasteiger partial charge in [-0.3, -0.25) is 4.99 Å². The number of fused-ring (bicyclic) bond motifs is 1. The molecule has 1 atom stereocenters. The molecule has 1 aliphatic rings. The summed E-state index contributed by atoms with van der Waals surface area (Å²) in [6.45, 7) is 2.71. The van der Waals surface area contributed by atoms with Gasteiger partial charge in [-0.1, -0.05) is 37.3 Å². The molecule has 114 valence electrons. The minimum absolute atomic E-state index is 0.378. The summed E-state index contributed by atoms with van der Waals surface area (Å²) in [4.78, 5) is 4.57. The largest absolute Gasteiger partial charge is 0.493 e. The molecular weight excluding hydrogens is 274 g/mol. The summed E-state index contributed by atoms with van der Waals surface area (Å²) in [6.07, 6.45) is 3.98. The third-order valence-corrected chi connectivity index (χ3v) is 4.01. The van der Waals surface area contributed by atoms with Crippen LogP contribution in [0.2, 0.25) is 0 Å². The second-order valence-corrected chi connectivity index (χ2v) is 5.52. The fraction of sp³-hybridized carbons (Fsp3) is 0.316. The molecule has 0 saturated heterocycles. The van der Waals surface area contributed by atoms with Crippen LogP contribution < -0.4 is 9.47 Å². The van der Waals surface area contributed by atoms with Crippen molar-refractivity contribution < 1.29 is 9.47 Å². The Morgan fingerprint density at radius 1 is 1.14 bits per heavy atom. The van der Waals surface area contributed by atoms with Crippen LogP contribution in [0.1, 0.15) is 30.0 Å². The normalized spacial score (nSPS) is 16.2. The first kappa shape index (κ1) is 14.6. The van der Waals surface area contributed by atoms with Gasteiger partial charge in [-0.25, -0.2) is 0 Å².